The molecule has 2 heterocycles. The van der Waals surface area contributed by atoms with E-state index >= 15 is 0 Å². The Morgan fingerprint density at radius 2 is 1.81 bits per heavy atom. The Kier molecular flexibility index (Phi) is 4.23. The number of aryl methyl sites for hydroxylation is 1. The maximum atomic E-state index is 9.69. The quantitative estimate of drug-likeness (QED) is 0.510. The highest BCUT2D eigenvalue weighted by atomic mass is 35.5. The number of aromatic nitrogens is 3. The monoisotopic (exact) mass is 393 g/mol. The average molecular weight is 394 g/mol. The normalized spacial score (nSPS) is 10.9. The number of benzene rings is 2. The predicted molar refractivity (Wildman–Crippen MR) is 108 cm³/mol. The third-order valence-corrected chi connectivity index (χ3v) is 4.80. The van der Waals surface area contributed by atoms with Crippen LogP contribution in [-0.4, -0.2) is 14.8 Å². The van der Waals surface area contributed by atoms with Gasteiger partial charge in [-0.1, -0.05) is 41.4 Å². The summed E-state index contributed by atoms with van der Waals surface area (Å²) in [7, 11) is 0. The van der Waals surface area contributed by atoms with Crippen LogP contribution in [0.2, 0.25) is 10.0 Å². The van der Waals surface area contributed by atoms with Gasteiger partial charge in [-0.25, -0.2) is 9.67 Å². The standard InChI is InChI=1S/C20H13Cl2N5/c1-11-17-18(12-5-7-13(21)8-6-12)16(10-23)19(24)25-20(17)27(26-11)15-4-2-3-14(22)9-15/h2-9H,1H3,(H2,24,25). The van der Waals surface area contributed by atoms with Gasteiger partial charge in [0.1, 0.15) is 17.5 Å². The van der Waals surface area contributed by atoms with E-state index in [1.165, 1.54) is 0 Å². The lowest BCUT2D eigenvalue weighted by Crippen LogP contribution is -2.02. The fourth-order valence-electron chi connectivity index (χ4n) is 3.14. The summed E-state index contributed by atoms with van der Waals surface area (Å²) in [6, 6.07) is 16.7. The molecule has 0 bridgehead atoms. The van der Waals surface area contributed by atoms with Gasteiger partial charge in [-0.2, -0.15) is 10.4 Å². The maximum absolute atomic E-state index is 9.69. The lowest BCUT2D eigenvalue weighted by atomic mass is 9.97. The summed E-state index contributed by atoms with van der Waals surface area (Å²) >= 11 is 12.2. The van der Waals surface area contributed by atoms with Gasteiger partial charge < -0.3 is 5.73 Å². The zero-order valence-corrected chi connectivity index (χ0v) is 15.8. The van der Waals surface area contributed by atoms with E-state index < -0.39 is 0 Å². The molecule has 7 heteroatoms. The summed E-state index contributed by atoms with van der Waals surface area (Å²) in [5.74, 6) is 0.151. The topological polar surface area (TPSA) is 80.5 Å². The van der Waals surface area contributed by atoms with E-state index in [2.05, 4.69) is 16.2 Å². The highest BCUT2D eigenvalue weighted by Crippen LogP contribution is 2.37. The molecule has 0 unspecified atom stereocenters. The number of fused-ring (bicyclic) bond motifs is 1. The van der Waals surface area contributed by atoms with Gasteiger partial charge in [0.15, 0.2) is 5.65 Å². The molecular formula is C20H13Cl2N5. The number of anilines is 1. The molecule has 5 nitrogen and oxygen atoms in total. The highest BCUT2D eigenvalue weighted by molar-refractivity contribution is 6.31. The van der Waals surface area contributed by atoms with Crippen LogP contribution < -0.4 is 5.73 Å². The van der Waals surface area contributed by atoms with Crippen LogP contribution in [0.15, 0.2) is 48.5 Å². The van der Waals surface area contributed by atoms with Crippen molar-refractivity contribution < 1.29 is 0 Å². The van der Waals surface area contributed by atoms with Crippen molar-refractivity contribution >= 4 is 40.1 Å². The summed E-state index contributed by atoms with van der Waals surface area (Å²) in [5.41, 5.74) is 10.0. The Bertz CT molecular complexity index is 1220. The van der Waals surface area contributed by atoms with E-state index in [0.717, 1.165) is 22.3 Å². The van der Waals surface area contributed by atoms with E-state index in [-0.39, 0.29) is 5.82 Å². The second-order valence-corrected chi connectivity index (χ2v) is 6.91. The van der Waals surface area contributed by atoms with Gasteiger partial charge in [0.2, 0.25) is 0 Å². The van der Waals surface area contributed by atoms with Crippen molar-refractivity contribution in [3.05, 3.63) is 69.8 Å². The van der Waals surface area contributed by atoms with Crippen molar-refractivity contribution in [3.8, 4) is 22.9 Å². The van der Waals surface area contributed by atoms with Crippen molar-refractivity contribution in [3.63, 3.8) is 0 Å². The first-order chi connectivity index (χ1) is 13.0. The van der Waals surface area contributed by atoms with Crippen LogP contribution >= 0.6 is 23.2 Å². The maximum Gasteiger partial charge on any atom is 0.166 e. The molecule has 0 atom stereocenters. The Morgan fingerprint density at radius 1 is 1.07 bits per heavy atom. The summed E-state index contributed by atoms with van der Waals surface area (Å²) in [6.07, 6.45) is 0. The number of rotatable bonds is 2. The lowest BCUT2D eigenvalue weighted by molar-refractivity contribution is 0.878. The Morgan fingerprint density at radius 3 is 2.48 bits per heavy atom. The first-order valence-corrected chi connectivity index (χ1v) is 8.86. The van der Waals surface area contributed by atoms with Crippen molar-refractivity contribution in [2.75, 3.05) is 5.73 Å². The van der Waals surface area contributed by atoms with E-state index in [1.54, 1.807) is 28.9 Å². The minimum Gasteiger partial charge on any atom is -0.383 e. The molecule has 0 fully saturated rings. The number of nitrogens with zero attached hydrogens (tertiary/aromatic N) is 4. The molecular weight excluding hydrogens is 381 g/mol. The predicted octanol–water partition coefficient (Wildman–Crippen LogP) is 5.16. The van der Waals surface area contributed by atoms with Gasteiger partial charge in [0, 0.05) is 15.6 Å². The number of nitrogens with two attached hydrogens (primary N) is 1. The van der Waals surface area contributed by atoms with Crippen LogP contribution in [0.5, 0.6) is 0 Å². The molecule has 27 heavy (non-hydrogen) atoms. The minimum absolute atomic E-state index is 0.151. The number of nitriles is 1. The van der Waals surface area contributed by atoms with E-state index in [9.17, 15) is 5.26 Å². The van der Waals surface area contributed by atoms with E-state index in [4.69, 9.17) is 28.9 Å². The van der Waals surface area contributed by atoms with Crippen LogP contribution in [0.25, 0.3) is 27.8 Å². The van der Waals surface area contributed by atoms with Gasteiger partial charge in [0.05, 0.1) is 16.8 Å². The van der Waals surface area contributed by atoms with Crippen LogP contribution in [0.4, 0.5) is 5.82 Å². The Balaban J connectivity index is 2.11. The van der Waals surface area contributed by atoms with Gasteiger partial charge in [0.25, 0.3) is 0 Å². The van der Waals surface area contributed by atoms with Crippen LogP contribution in [0.1, 0.15) is 11.3 Å². The molecule has 4 aromatic rings. The van der Waals surface area contributed by atoms with Gasteiger partial charge in [-0.15, -0.1) is 0 Å². The van der Waals surface area contributed by atoms with Crippen molar-refractivity contribution in [1.82, 2.24) is 14.8 Å². The number of hydrogen-bond donors (Lipinski definition) is 1. The molecule has 132 valence electrons. The van der Waals surface area contributed by atoms with Crippen LogP contribution in [0, 0.1) is 18.3 Å². The van der Waals surface area contributed by atoms with Crippen LogP contribution in [-0.2, 0) is 0 Å². The highest BCUT2D eigenvalue weighted by Gasteiger charge is 2.21. The van der Waals surface area contributed by atoms with Gasteiger partial charge in [-0.3, -0.25) is 0 Å². The van der Waals surface area contributed by atoms with Gasteiger partial charge >= 0.3 is 0 Å². The minimum atomic E-state index is 0.151. The van der Waals surface area contributed by atoms with Crippen molar-refractivity contribution in [2.24, 2.45) is 0 Å². The van der Waals surface area contributed by atoms with Crippen molar-refractivity contribution in [2.45, 2.75) is 6.92 Å². The number of nitrogen functional groups attached to an aromatic ring is 1. The molecule has 0 aliphatic rings. The summed E-state index contributed by atoms with van der Waals surface area (Å²) < 4.78 is 1.69. The smallest absolute Gasteiger partial charge is 0.166 e. The molecule has 0 radical (unpaired) electrons. The average Bonchev–Trinajstić information content (AvgIpc) is 2.97. The summed E-state index contributed by atoms with van der Waals surface area (Å²) in [6.45, 7) is 1.88. The zero-order chi connectivity index (χ0) is 19.1. The fourth-order valence-corrected chi connectivity index (χ4v) is 3.45. The lowest BCUT2D eigenvalue weighted by Gasteiger charge is -2.10. The number of pyridine rings is 1. The second-order valence-electron chi connectivity index (χ2n) is 6.04. The molecule has 0 aliphatic heterocycles. The molecule has 0 amide bonds. The first-order valence-electron chi connectivity index (χ1n) is 8.10. The fraction of sp³-hybridized carbons (Fsp3) is 0.0500. The second kappa shape index (κ2) is 6.58. The number of hydrogen-bond acceptors (Lipinski definition) is 4. The van der Waals surface area contributed by atoms with Crippen molar-refractivity contribution in [1.29, 1.82) is 5.26 Å². The molecule has 0 aliphatic carbocycles. The molecule has 2 N–H and O–H groups in total. The third-order valence-electron chi connectivity index (χ3n) is 4.32. The molecule has 4 rings (SSSR count). The Labute approximate surface area is 165 Å². The third kappa shape index (κ3) is 2.89. The molecule has 0 saturated carbocycles. The van der Waals surface area contributed by atoms with Crippen LogP contribution in [0.3, 0.4) is 0 Å². The number of halogens is 2. The van der Waals surface area contributed by atoms with E-state index in [0.29, 0.717) is 26.8 Å². The molecule has 0 spiro atoms. The molecule has 2 aromatic carbocycles. The SMILES string of the molecule is Cc1nn(-c2cccc(Cl)c2)c2nc(N)c(C#N)c(-c3ccc(Cl)cc3)c12. The molecule has 0 saturated heterocycles. The van der Waals surface area contributed by atoms with Gasteiger partial charge in [-0.05, 0) is 42.8 Å². The first kappa shape index (κ1) is 17.3. The van der Waals surface area contributed by atoms with E-state index in [1.807, 2.05) is 31.2 Å². The summed E-state index contributed by atoms with van der Waals surface area (Å²) in [5, 5.41) is 16.3. The summed E-state index contributed by atoms with van der Waals surface area (Å²) in [4.78, 5) is 4.46. The largest absolute Gasteiger partial charge is 0.383 e. The molecule has 2 aromatic heterocycles. The zero-order valence-electron chi connectivity index (χ0n) is 14.2. The Hall–Kier alpha value is -3.07.